The van der Waals surface area contributed by atoms with Crippen LogP contribution in [-0.2, 0) is 19.4 Å². The molecule has 2 aromatic rings. The second kappa shape index (κ2) is 5.53. The zero-order valence-electron chi connectivity index (χ0n) is 11.3. The topological polar surface area (TPSA) is 20.9 Å². The van der Waals surface area contributed by atoms with E-state index in [1.54, 1.807) is 12.1 Å². The van der Waals surface area contributed by atoms with Gasteiger partial charge in [-0.3, -0.25) is 4.79 Å². The number of Topliss-reactive ketones (excluding diaryl/α,β-unsaturated/α-hetero) is 1. The quantitative estimate of drug-likeness (QED) is 0.620. The lowest BCUT2D eigenvalue weighted by Crippen LogP contribution is -2.38. The summed E-state index contributed by atoms with van der Waals surface area (Å²) in [7, 11) is 0. The molecule has 1 aromatic carbocycles. The van der Waals surface area contributed by atoms with Gasteiger partial charge in [0, 0.05) is 11.6 Å². The van der Waals surface area contributed by atoms with Crippen molar-refractivity contribution in [3.05, 3.63) is 65.2 Å². The maximum Gasteiger partial charge on any atom is 0.230 e. The Morgan fingerprint density at radius 2 is 1.85 bits per heavy atom. The van der Waals surface area contributed by atoms with E-state index in [1.165, 1.54) is 36.1 Å². The minimum atomic E-state index is -0.448. The molecule has 0 saturated carbocycles. The number of benzene rings is 1. The van der Waals surface area contributed by atoms with Gasteiger partial charge in [0.25, 0.3) is 0 Å². The number of pyridine rings is 1. The normalized spacial score (nSPS) is 13.8. The van der Waals surface area contributed by atoms with Crippen LogP contribution in [0.5, 0.6) is 0 Å². The van der Waals surface area contributed by atoms with Crippen LogP contribution in [0.3, 0.4) is 0 Å². The predicted octanol–water partition coefficient (Wildman–Crippen LogP) is 2.87. The van der Waals surface area contributed by atoms with E-state index < -0.39 is 5.82 Å². The smallest absolute Gasteiger partial charge is 0.230 e. The van der Waals surface area contributed by atoms with Gasteiger partial charge in [-0.15, -0.1) is 0 Å². The number of carbonyl (C=O) groups is 1. The van der Waals surface area contributed by atoms with Crippen LogP contribution in [0.1, 0.15) is 34.3 Å². The van der Waals surface area contributed by atoms with E-state index in [9.17, 15) is 9.18 Å². The van der Waals surface area contributed by atoms with Crippen LogP contribution in [0.2, 0.25) is 0 Å². The van der Waals surface area contributed by atoms with Gasteiger partial charge in [-0.1, -0.05) is 12.1 Å². The zero-order chi connectivity index (χ0) is 13.9. The van der Waals surface area contributed by atoms with E-state index in [4.69, 9.17) is 0 Å². The summed E-state index contributed by atoms with van der Waals surface area (Å²) >= 11 is 0. The first kappa shape index (κ1) is 13.0. The van der Waals surface area contributed by atoms with Crippen molar-refractivity contribution in [1.82, 2.24) is 0 Å². The van der Waals surface area contributed by atoms with Gasteiger partial charge in [-0.25, -0.2) is 4.39 Å². The lowest BCUT2D eigenvalue weighted by atomic mass is 9.93. The Balaban J connectivity index is 1.81. The summed E-state index contributed by atoms with van der Waals surface area (Å²) in [4.78, 5) is 12.1. The molecule has 0 N–H and O–H groups in total. The average Bonchev–Trinajstić information content (AvgIpc) is 2.47. The van der Waals surface area contributed by atoms with Crippen molar-refractivity contribution in [2.24, 2.45) is 0 Å². The van der Waals surface area contributed by atoms with Crippen molar-refractivity contribution in [3.8, 4) is 0 Å². The number of halogens is 1. The molecule has 1 heterocycles. The van der Waals surface area contributed by atoms with Crippen LogP contribution in [0.4, 0.5) is 4.39 Å². The van der Waals surface area contributed by atoms with E-state index in [2.05, 4.69) is 6.07 Å². The number of hydrogen-bond donors (Lipinski definition) is 0. The molecule has 1 aliphatic rings. The number of carbonyl (C=O) groups excluding carboxylic acids is 1. The number of aryl methyl sites for hydroxylation is 2. The number of hydrogen-bond acceptors (Lipinski definition) is 1. The Morgan fingerprint density at radius 3 is 2.65 bits per heavy atom. The monoisotopic (exact) mass is 270 g/mol. The first-order valence-electron chi connectivity index (χ1n) is 7.02. The molecule has 102 valence electrons. The van der Waals surface area contributed by atoms with Gasteiger partial charge < -0.3 is 0 Å². The molecule has 0 radical (unpaired) electrons. The number of aromatic nitrogens is 1. The van der Waals surface area contributed by atoms with Crippen molar-refractivity contribution in [3.63, 3.8) is 0 Å². The Bertz CT molecular complexity index is 651. The van der Waals surface area contributed by atoms with E-state index in [0.717, 1.165) is 12.8 Å². The van der Waals surface area contributed by atoms with Gasteiger partial charge in [0.15, 0.2) is 12.4 Å². The zero-order valence-corrected chi connectivity index (χ0v) is 11.3. The van der Waals surface area contributed by atoms with Crippen molar-refractivity contribution >= 4 is 5.78 Å². The van der Waals surface area contributed by atoms with Gasteiger partial charge in [0.1, 0.15) is 5.82 Å². The van der Waals surface area contributed by atoms with Crippen molar-refractivity contribution in [2.45, 2.75) is 32.2 Å². The SMILES string of the molecule is O=C(C[n+]1ccc2c(c1)CCCC2)c1ccccc1F. The summed E-state index contributed by atoms with van der Waals surface area (Å²) in [5, 5.41) is 0. The fourth-order valence-corrected chi connectivity index (χ4v) is 2.76. The summed E-state index contributed by atoms with van der Waals surface area (Å²) in [6.07, 6.45) is 8.60. The molecule has 1 aromatic heterocycles. The molecule has 2 nitrogen and oxygen atoms in total. The lowest BCUT2D eigenvalue weighted by Gasteiger charge is -2.13. The van der Waals surface area contributed by atoms with Crippen molar-refractivity contribution < 1.29 is 13.8 Å². The third-order valence-electron chi connectivity index (χ3n) is 3.84. The van der Waals surface area contributed by atoms with Crippen LogP contribution in [0.25, 0.3) is 0 Å². The minimum absolute atomic E-state index is 0.165. The fraction of sp³-hybridized carbons (Fsp3) is 0.294. The van der Waals surface area contributed by atoms with Crippen LogP contribution in [-0.4, -0.2) is 5.78 Å². The summed E-state index contributed by atoms with van der Waals surface area (Å²) in [6.45, 7) is 0.189. The summed E-state index contributed by atoms with van der Waals surface area (Å²) in [5.41, 5.74) is 2.86. The van der Waals surface area contributed by atoms with Crippen LogP contribution < -0.4 is 4.57 Å². The Hall–Kier alpha value is -2.03. The molecular weight excluding hydrogens is 253 g/mol. The first-order valence-corrected chi connectivity index (χ1v) is 7.02. The lowest BCUT2D eigenvalue weighted by molar-refractivity contribution is -0.683. The Kier molecular flexibility index (Phi) is 3.59. The molecule has 0 unspecified atom stereocenters. The van der Waals surface area contributed by atoms with Gasteiger partial charge >= 0.3 is 0 Å². The first-order chi connectivity index (χ1) is 9.74. The second-order valence-electron chi connectivity index (χ2n) is 5.28. The standard InChI is InChI=1S/C17H17FNO/c18-16-8-4-3-7-15(16)17(20)12-19-10-9-13-5-1-2-6-14(13)11-19/h3-4,7-11H,1-2,5-6,12H2/q+1. The van der Waals surface area contributed by atoms with E-state index in [-0.39, 0.29) is 17.9 Å². The number of ketones is 1. The number of nitrogens with zero attached hydrogens (tertiary/aromatic N) is 1. The molecule has 3 rings (SSSR count). The number of rotatable bonds is 3. The molecular formula is C17H17FNO+. The molecule has 0 amide bonds. The highest BCUT2D eigenvalue weighted by Crippen LogP contribution is 2.18. The van der Waals surface area contributed by atoms with E-state index >= 15 is 0 Å². The third-order valence-corrected chi connectivity index (χ3v) is 3.84. The predicted molar refractivity (Wildman–Crippen MR) is 74.0 cm³/mol. The Labute approximate surface area is 117 Å². The van der Waals surface area contributed by atoms with Gasteiger partial charge in [-0.05, 0) is 43.4 Å². The number of fused-ring (bicyclic) bond motifs is 1. The third kappa shape index (κ3) is 2.62. The van der Waals surface area contributed by atoms with Crippen LogP contribution >= 0.6 is 0 Å². The second-order valence-corrected chi connectivity index (χ2v) is 5.28. The fourth-order valence-electron chi connectivity index (χ4n) is 2.76. The Morgan fingerprint density at radius 1 is 1.10 bits per heavy atom. The highest BCUT2D eigenvalue weighted by molar-refractivity contribution is 5.95. The molecule has 0 aliphatic heterocycles. The average molecular weight is 270 g/mol. The van der Waals surface area contributed by atoms with Crippen molar-refractivity contribution in [2.75, 3.05) is 0 Å². The van der Waals surface area contributed by atoms with Gasteiger partial charge in [0.2, 0.25) is 12.3 Å². The van der Waals surface area contributed by atoms with Crippen LogP contribution in [0.15, 0.2) is 42.7 Å². The summed E-state index contributed by atoms with van der Waals surface area (Å²) in [6, 6.07) is 8.23. The summed E-state index contributed by atoms with van der Waals surface area (Å²) < 4.78 is 15.4. The van der Waals surface area contributed by atoms with Gasteiger partial charge in [-0.2, -0.15) is 4.57 Å². The molecule has 3 heteroatoms. The van der Waals surface area contributed by atoms with Crippen LogP contribution in [0, 0.1) is 5.82 Å². The van der Waals surface area contributed by atoms with Gasteiger partial charge in [0.05, 0.1) is 5.56 Å². The minimum Gasteiger partial charge on any atom is -0.287 e. The molecule has 1 aliphatic carbocycles. The van der Waals surface area contributed by atoms with E-state index in [1.807, 2.05) is 17.0 Å². The van der Waals surface area contributed by atoms with Crippen molar-refractivity contribution in [1.29, 1.82) is 0 Å². The molecule has 0 bridgehead atoms. The molecule has 0 spiro atoms. The maximum absolute atomic E-state index is 13.6. The highest BCUT2D eigenvalue weighted by atomic mass is 19.1. The largest absolute Gasteiger partial charge is 0.287 e. The molecule has 0 fully saturated rings. The molecule has 20 heavy (non-hydrogen) atoms. The molecule has 0 saturated heterocycles. The maximum atomic E-state index is 13.6. The highest BCUT2D eigenvalue weighted by Gasteiger charge is 2.18. The molecule has 0 atom stereocenters. The summed E-state index contributed by atoms with van der Waals surface area (Å²) in [5.74, 6) is -0.639. The van der Waals surface area contributed by atoms with E-state index in [0.29, 0.717) is 0 Å².